The fourth-order valence-corrected chi connectivity index (χ4v) is 5.05. The van der Waals surface area contributed by atoms with Crippen LogP contribution < -0.4 is 5.73 Å². The second-order valence-electron chi connectivity index (χ2n) is 7.81. The molecule has 0 aromatic heterocycles. The molecular weight excluding hydrogens is 232 g/mol. The largest absolute Gasteiger partial charge is 0.327 e. The molecule has 3 aliphatic rings. The number of hydrogen-bond donors (Lipinski definition) is 1. The first-order valence-corrected chi connectivity index (χ1v) is 8.63. The van der Waals surface area contributed by atoms with Crippen LogP contribution in [0.2, 0.25) is 0 Å². The molecule has 3 fully saturated rings. The van der Waals surface area contributed by atoms with Crippen molar-refractivity contribution in [1.82, 2.24) is 4.90 Å². The highest BCUT2D eigenvalue weighted by Gasteiger charge is 2.46. The van der Waals surface area contributed by atoms with Gasteiger partial charge in [-0.05, 0) is 81.2 Å². The van der Waals surface area contributed by atoms with Gasteiger partial charge in [0.25, 0.3) is 0 Å². The molecule has 2 bridgehead atoms. The Hall–Kier alpha value is -0.0800. The van der Waals surface area contributed by atoms with Crippen LogP contribution in [-0.4, -0.2) is 30.6 Å². The third-order valence-corrected chi connectivity index (χ3v) is 6.44. The van der Waals surface area contributed by atoms with E-state index in [2.05, 4.69) is 18.7 Å². The lowest BCUT2D eigenvalue weighted by Crippen LogP contribution is -2.43. The Bertz CT molecular complexity index is 300. The summed E-state index contributed by atoms with van der Waals surface area (Å²) < 4.78 is 0. The van der Waals surface area contributed by atoms with Gasteiger partial charge in [0, 0.05) is 12.6 Å². The van der Waals surface area contributed by atoms with Gasteiger partial charge < -0.3 is 10.6 Å². The third-order valence-electron chi connectivity index (χ3n) is 6.44. The number of likely N-dealkylation sites (tertiary alicyclic amines) is 1. The SMILES string of the molecule is CC(C)C1CCCN(CC2C3CCC(C3)C2N)CC1. The summed E-state index contributed by atoms with van der Waals surface area (Å²) in [4.78, 5) is 2.74. The van der Waals surface area contributed by atoms with Crippen molar-refractivity contribution in [3.63, 3.8) is 0 Å². The zero-order valence-electron chi connectivity index (χ0n) is 12.9. The predicted molar refractivity (Wildman–Crippen MR) is 80.9 cm³/mol. The van der Waals surface area contributed by atoms with E-state index in [1.165, 1.54) is 58.2 Å². The van der Waals surface area contributed by atoms with E-state index in [-0.39, 0.29) is 0 Å². The maximum atomic E-state index is 6.47. The van der Waals surface area contributed by atoms with Crippen molar-refractivity contribution in [2.75, 3.05) is 19.6 Å². The standard InChI is InChI=1S/C17H32N2/c1-12(2)13-4-3-8-19(9-7-13)11-16-14-5-6-15(10-14)17(16)18/h12-17H,3-11,18H2,1-2H3. The summed E-state index contributed by atoms with van der Waals surface area (Å²) in [5, 5.41) is 0. The van der Waals surface area contributed by atoms with E-state index in [4.69, 9.17) is 5.73 Å². The summed E-state index contributed by atoms with van der Waals surface area (Å²) >= 11 is 0. The van der Waals surface area contributed by atoms with Crippen molar-refractivity contribution in [1.29, 1.82) is 0 Å². The molecular formula is C17H32N2. The third kappa shape index (κ3) is 2.85. The van der Waals surface area contributed by atoms with Gasteiger partial charge in [0.05, 0.1) is 0 Å². The average Bonchev–Trinajstić information content (AvgIpc) is 2.86. The predicted octanol–water partition coefficient (Wildman–Crippen LogP) is 3.12. The second kappa shape index (κ2) is 5.73. The molecule has 2 N–H and O–H groups in total. The summed E-state index contributed by atoms with van der Waals surface area (Å²) in [5.41, 5.74) is 6.47. The molecule has 5 unspecified atom stereocenters. The fourth-order valence-electron chi connectivity index (χ4n) is 5.05. The molecule has 5 atom stereocenters. The average molecular weight is 264 g/mol. The first-order chi connectivity index (χ1) is 9.15. The van der Waals surface area contributed by atoms with Crippen molar-refractivity contribution < 1.29 is 0 Å². The van der Waals surface area contributed by atoms with E-state index in [0.717, 1.165) is 29.6 Å². The van der Waals surface area contributed by atoms with Gasteiger partial charge in [-0.3, -0.25) is 0 Å². The van der Waals surface area contributed by atoms with E-state index in [1.54, 1.807) is 0 Å². The highest BCUT2D eigenvalue weighted by Crippen LogP contribution is 2.47. The molecule has 1 saturated heterocycles. The lowest BCUT2D eigenvalue weighted by Gasteiger charge is -2.33. The number of nitrogens with zero attached hydrogens (tertiary/aromatic N) is 1. The molecule has 110 valence electrons. The summed E-state index contributed by atoms with van der Waals surface area (Å²) in [6.07, 6.45) is 8.57. The van der Waals surface area contributed by atoms with Crippen LogP contribution in [0.25, 0.3) is 0 Å². The van der Waals surface area contributed by atoms with E-state index in [0.29, 0.717) is 6.04 Å². The minimum atomic E-state index is 0.517. The highest BCUT2D eigenvalue weighted by atomic mass is 15.1. The molecule has 0 aromatic rings. The maximum Gasteiger partial charge on any atom is 0.0111 e. The molecule has 2 heteroatoms. The molecule has 2 nitrogen and oxygen atoms in total. The Morgan fingerprint density at radius 3 is 2.53 bits per heavy atom. The molecule has 0 amide bonds. The van der Waals surface area contributed by atoms with Crippen molar-refractivity contribution >= 4 is 0 Å². The van der Waals surface area contributed by atoms with Gasteiger partial charge in [-0.1, -0.05) is 13.8 Å². The van der Waals surface area contributed by atoms with Crippen LogP contribution in [0.1, 0.15) is 52.4 Å². The van der Waals surface area contributed by atoms with E-state index in [9.17, 15) is 0 Å². The zero-order chi connectivity index (χ0) is 13.4. The summed E-state index contributed by atoms with van der Waals surface area (Å²) in [6.45, 7) is 8.73. The van der Waals surface area contributed by atoms with E-state index < -0.39 is 0 Å². The van der Waals surface area contributed by atoms with Crippen molar-refractivity contribution in [2.45, 2.75) is 58.4 Å². The minimum absolute atomic E-state index is 0.517. The number of rotatable bonds is 3. The summed E-state index contributed by atoms with van der Waals surface area (Å²) in [7, 11) is 0. The number of hydrogen-bond acceptors (Lipinski definition) is 2. The molecule has 3 rings (SSSR count). The molecule has 19 heavy (non-hydrogen) atoms. The van der Waals surface area contributed by atoms with Crippen LogP contribution in [0.15, 0.2) is 0 Å². The van der Waals surface area contributed by atoms with Gasteiger partial charge in [0.15, 0.2) is 0 Å². The quantitative estimate of drug-likeness (QED) is 0.848. The Morgan fingerprint density at radius 2 is 1.84 bits per heavy atom. The van der Waals surface area contributed by atoms with Crippen LogP contribution >= 0.6 is 0 Å². The van der Waals surface area contributed by atoms with Gasteiger partial charge in [0.1, 0.15) is 0 Å². The first kappa shape index (κ1) is 13.9. The Balaban J connectivity index is 1.53. The first-order valence-electron chi connectivity index (χ1n) is 8.63. The Morgan fingerprint density at radius 1 is 1.05 bits per heavy atom. The number of nitrogens with two attached hydrogens (primary N) is 1. The van der Waals surface area contributed by atoms with Gasteiger partial charge in [-0.15, -0.1) is 0 Å². The monoisotopic (exact) mass is 264 g/mol. The lowest BCUT2D eigenvalue weighted by atomic mass is 9.84. The van der Waals surface area contributed by atoms with Crippen LogP contribution in [0.3, 0.4) is 0 Å². The Kier molecular flexibility index (Phi) is 4.19. The zero-order valence-corrected chi connectivity index (χ0v) is 12.9. The van der Waals surface area contributed by atoms with Gasteiger partial charge in [0.2, 0.25) is 0 Å². The minimum Gasteiger partial charge on any atom is -0.327 e. The topological polar surface area (TPSA) is 29.3 Å². The van der Waals surface area contributed by atoms with Crippen molar-refractivity contribution in [3.05, 3.63) is 0 Å². The molecule has 1 aliphatic heterocycles. The van der Waals surface area contributed by atoms with Gasteiger partial charge >= 0.3 is 0 Å². The maximum absolute atomic E-state index is 6.47. The molecule has 0 spiro atoms. The van der Waals surface area contributed by atoms with Gasteiger partial charge in [-0.2, -0.15) is 0 Å². The molecule has 0 aromatic carbocycles. The van der Waals surface area contributed by atoms with Gasteiger partial charge in [-0.25, -0.2) is 0 Å². The molecule has 2 saturated carbocycles. The van der Waals surface area contributed by atoms with Crippen LogP contribution in [0.5, 0.6) is 0 Å². The van der Waals surface area contributed by atoms with Crippen molar-refractivity contribution in [2.24, 2.45) is 35.3 Å². The molecule has 0 radical (unpaired) electrons. The van der Waals surface area contributed by atoms with Crippen LogP contribution in [0.4, 0.5) is 0 Å². The van der Waals surface area contributed by atoms with Crippen molar-refractivity contribution in [3.8, 4) is 0 Å². The smallest absolute Gasteiger partial charge is 0.0111 e. The molecule has 2 aliphatic carbocycles. The fraction of sp³-hybridized carbons (Fsp3) is 1.00. The number of fused-ring (bicyclic) bond motifs is 2. The second-order valence-corrected chi connectivity index (χ2v) is 7.81. The van der Waals surface area contributed by atoms with E-state index in [1.807, 2.05) is 0 Å². The molecule has 1 heterocycles. The summed E-state index contributed by atoms with van der Waals surface area (Å²) in [5.74, 6) is 4.47. The summed E-state index contributed by atoms with van der Waals surface area (Å²) in [6, 6.07) is 0.517. The highest BCUT2D eigenvalue weighted by molar-refractivity contribution is 5.00. The van der Waals surface area contributed by atoms with Crippen LogP contribution in [0, 0.1) is 29.6 Å². The van der Waals surface area contributed by atoms with Crippen LogP contribution in [-0.2, 0) is 0 Å². The lowest BCUT2D eigenvalue weighted by molar-refractivity contribution is 0.175. The normalized spacial score (nSPS) is 43.9. The Labute approximate surface area is 119 Å². The van der Waals surface area contributed by atoms with E-state index >= 15 is 0 Å².